The molecule has 146 valence electrons. The van der Waals surface area contributed by atoms with E-state index in [1.807, 2.05) is 62.6 Å². The standard InChI is InChI=1S/C22H25N3O3/c1-4-16-27-20-9-5-18(6-10-20)24-13-14-25(22(24)26)19-7-11-21(12-8-19)28-17-15-23(2)3/h4-14H,1,15-17H2,2-3H3. The molecule has 0 radical (unpaired) electrons. The minimum atomic E-state index is -0.138. The van der Waals surface area contributed by atoms with E-state index in [-0.39, 0.29) is 5.69 Å². The van der Waals surface area contributed by atoms with Crippen molar-refractivity contribution in [3.05, 3.63) is 84.1 Å². The van der Waals surface area contributed by atoms with Crippen LogP contribution in [0.2, 0.25) is 0 Å². The van der Waals surface area contributed by atoms with E-state index in [9.17, 15) is 4.79 Å². The average Bonchev–Trinajstić information content (AvgIpc) is 3.08. The van der Waals surface area contributed by atoms with Gasteiger partial charge in [0, 0.05) is 18.9 Å². The Morgan fingerprint density at radius 1 is 0.893 bits per heavy atom. The molecular formula is C22H25N3O3. The van der Waals surface area contributed by atoms with Gasteiger partial charge >= 0.3 is 5.69 Å². The summed E-state index contributed by atoms with van der Waals surface area (Å²) < 4.78 is 14.4. The fraction of sp³-hybridized carbons (Fsp3) is 0.227. The predicted molar refractivity (Wildman–Crippen MR) is 111 cm³/mol. The van der Waals surface area contributed by atoms with Gasteiger partial charge in [0.1, 0.15) is 24.7 Å². The first-order valence-electron chi connectivity index (χ1n) is 9.10. The van der Waals surface area contributed by atoms with E-state index in [0.29, 0.717) is 13.2 Å². The van der Waals surface area contributed by atoms with Crippen molar-refractivity contribution in [3.63, 3.8) is 0 Å². The zero-order valence-electron chi connectivity index (χ0n) is 16.2. The first-order chi connectivity index (χ1) is 13.6. The lowest BCUT2D eigenvalue weighted by Gasteiger charge is -2.11. The van der Waals surface area contributed by atoms with Crippen molar-refractivity contribution in [3.8, 4) is 22.9 Å². The van der Waals surface area contributed by atoms with Crippen molar-refractivity contribution in [1.29, 1.82) is 0 Å². The van der Waals surface area contributed by atoms with Gasteiger partial charge < -0.3 is 14.4 Å². The summed E-state index contributed by atoms with van der Waals surface area (Å²) in [5.74, 6) is 1.52. The van der Waals surface area contributed by atoms with Gasteiger partial charge in [-0.1, -0.05) is 12.7 Å². The number of ether oxygens (including phenoxy) is 2. The fourth-order valence-corrected chi connectivity index (χ4v) is 2.68. The Morgan fingerprint density at radius 3 is 1.86 bits per heavy atom. The second-order valence-electron chi connectivity index (χ2n) is 6.56. The van der Waals surface area contributed by atoms with Crippen LogP contribution in [0.1, 0.15) is 0 Å². The van der Waals surface area contributed by atoms with Crippen LogP contribution in [0.25, 0.3) is 11.4 Å². The van der Waals surface area contributed by atoms with E-state index >= 15 is 0 Å². The number of likely N-dealkylation sites (N-methyl/N-ethyl adjacent to an activating group) is 1. The lowest BCUT2D eigenvalue weighted by atomic mass is 10.3. The zero-order chi connectivity index (χ0) is 19.9. The molecule has 0 saturated carbocycles. The van der Waals surface area contributed by atoms with Gasteiger partial charge in [-0.05, 0) is 62.6 Å². The summed E-state index contributed by atoms with van der Waals surface area (Å²) in [6.07, 6.45) is 5.20. The van der Waals surface area contributed by atoms with Crippen molar-refractivity contribution in [2.45, 2.75) is 0 Å². The Hall–Kier alpha value is -3.25. The molecule has 0 atom stereocenters. The van der Waals surface area contributed by atoms with Gasteiger partial charge in [0.15, 0.2) is 0 Å². The SMILES string of the molecule is C=CCOc1ccc(-n2ccn(-c3ccc(OCCN(C)C)cc3)c2=O)cc1. The first-order valence-corrected chi connectivity index (χ1v) is 9.10. The van der Waals surface area contributed by atoms with Gasteiger partial charge in [0.05, 0.1) is 11.4 Å². The minimum absolute atomic E-state index is 0.138. The molecule has 28 heavy (non-hydrogen) atoms. The molecule has 6 heteroatoms. The van der Waals surface area contributed by atoms with Crippen LogP contribution in [0.5, 0.6) is 11.5 Å². The Bertz CT molecular complexity index is 954. The van der Waals surface area contributed by atoms with Crippen molar-refractivity contribution < 1.29 is 9.47 Å². The molecule has 1 heterocycles. The van der Waals surface area contributed by atoms with E-state index in [0.717, 1.165) is 29.4 Å². The van der Waals surface area contributed by atoms with Gasteiger partial charge in [-0.25, -0.2) is 4.79 Å². The highest BCUT2D eigenvalue weighted by Gasteiger charge is 2.08. The van der Waals surface area contributed by atoms with E-state index in [1.165, 1.54) is 0 Å². The molecule has 0 aliphatic rings. The van der Waals surface area contributed by atoms with Crippen LogP contribution in [0.15, 0.2) is 78.4 Å². The molecule has 3 aromatic rings. The molecule has 0 bridgehead atoms. The van der Waals surface area contributed by atoms with Crippen LogP contribution in [0.3, 0.4) is 0 Å². The van der Waals surface area contributed by atoms with Crippen LogP contribution >= 0.6 is 0 Å². The molecular weight excluding hydrogens is 354 g/mol. The molecule has 0 fully saturated rings. The minimum Gasteiger partial charge on any atom is -0.492 e. The highest BCUT2D eigenvalue weighted by atomic mass is 16.5. The van der Waals surface area contributed by atoms with E-state index in [2.05, 4.69) is 11.5 Å². The van der Waals surface area contributed by atoms with Crippen LogP contribution in [0.4, 0.5) is 0 Å². The number of nitrogens with zero attached hydrogens (tertiary/aromatic N) is 3. The number of benzene rings is 2. The summed E-state index contributed by atoms with van der Waals surface area (Å²) in [5, 5.41) is 0. The predicted octanol–water partition coefficient (Wildman–Crippen LogP) is 3.13. The van der Waals surface area contributed by atoms with Gasteiger partial charge in [-0.15, -0.1) is 0 Å². The summed E-state index contributed by atoms with van der Waals surface area (Å²) in [6, 6.07) is 14.9. The van der Waals surface area contributed by atoms with Crippen molar-refractivity contribution in [2.24, 2.45) is 0 Å². The summed E-state index contributed by atoms with van der Waals surface area (Å²) in [4.78, 5) is 14.9. The second-order valence-corrected chi connectivity index (χ2v) is 6.56. The monoisotopic (exact) mass is 379 g/mol. The summed E-state index contributed by atoms with van der Waals surface area (Å²) in [7, 11) is 4.01. The fourth-order valence-electron chi connectivity index (χ4n) is 2.68. The molecule has 0 aliphatic heterocycles. The zero-order valence-corrected chi connectivity index (χ0v) is 16.2. The highest BCUT2D eigenvalue weighted by molar-refractivity contribution is 5.40. The van der Waals surface area contributed by atoms with Crippen LogP contribution in [-0.2, 0) is 0 Å². The van der Waals surface area contributed by atoms with Gasteiger partial charge in [0.25, 0.3) is 0 Å². The van der Waals surface area contributed by atoms with Gasteiger partial charge in [-0.3, -0.25) is 9.13 Å². The topological polar surface area (TPSA) is 48.6 Å². The molecule has 0 unspecified atom stereocenters. The lowest BCUT2D eigenvalue weighted by Crippen LogP contribution is -2.21. The van der Waals surface area contributed by atoms with Crippen molar-refractivity contribution in [2.75, 3.05) is 33.9 Å². The van der Waals surface area contributed by atoms with Crippen molar-refractivity contribution >= 4 is 0 Å². The molecule has 0 saturated heterocycles. The van der Waals surface area contributed by atoms with E-state index in [4.69, 9.17) is 9.47 Å². The normalized spacial score (nSPS) is 10.8. The molecule has 6 nitrogen and oxygen atoms in total. The quantitative estimate of drug-likeness (QED) is 0.536. The highest BCUT2D eigenvalue weighted by Crippen LogP contribution is 2.17. The Labute approximate surface area is 164 Å². The lowest BCUT2D eigenvalue weighted by molar-refractivity contribution is 0.261. The third-order valence-electron chi connectivity index (χ3n) is 4.18. The average molecular weight is 379 g/mol. The smallest absolute Gasteiger partial charge is 0.337 e. The molecule has 0 N–H and O–H groups in total. The summed E-state index contributed by atoms with van der Waals surface area (Å²) in [6.45, 7) is 5.55. The molecule has 3 rings (SSSR count). The molecule has 2 aromatic carbocycles. The number of rotatable bonds is 9. The number of aromatic nitrogens is 2. The first kappa shape index (κ1) is 19.5. The van der Waals surface area contributed by atoms with E-state index < -0.39 is 0 Å². The van der Waals surface area contributed by atoms with E-state index in [1.54, 1.807) is 27.6 Å². The Kier molecular flexibility index (Phi) is 6.34. The number of imidazole rings is 1. The van der Waals surface area contributed by atoms with Crippen LogP contribution in [0, 0.1) is 0 Å². The largest absolute Gasteiger partial charge is 0.492 e. The molecule has 0 amide bonds. The van der Waals surface area contributed by atoms with Crippen LogP contribution < -0.4 is 15.2 Å². The number of hydrogen-bond acceptors (Lipinski definition) is 4. The molecule has 0 spiro atoms. The third-order valence-corrected chi connectivity index (χ3v) is 4.18. The Morgan fingerprint density at radius 2 is 1.39 bits per heavy atom. The third kappa shape index (κ3) is 4.72. The maximum absolute atomic E-state index is 12.8. The summed E-state index contributed by atoms with van der Waals surface area (Å²) >= 11 is 0. The maximum Gasteiger partial charge on any atom is 0.337 e. The Balaban J connectivity index is 1.74. The van der Waals surface area contributed by atoms with Gasteiger partial charge in [-0.2, -0.15) is 0 Å². The summed E-state index contributed by atoms with van der Waals surface area (Å²) in [5.41, 5.74) is 1.43. The van der Waals surface area contributed by atoms with Crippen LogP contribution in [-0.4, -0.2) is 47.9 Å². The van der Waals surface area contributed by atoms with Gasteiger partial charge in [0.2, 0.25) is 0 Å². The molecule has 1 aromatic heterocycles. The molecule has 0 aliphatic carbocycles. The second kappa shape index (κ2) is 9.10. The van der Waals surface area contributed by atoms with Crippen molar-refractivity contribution in [1.82, 2.24) is 14.0 Å². The number of hydrogen-bond donors (Lipinski definition) is 0. The maximum atomic E-state index is 12.8.